The van der Waals surface area contributed by atoms with Crippen molar-refractivity contribution in [2.75, 3.05) is 65.6 Å². The molecule has 0 aliphatic carbocycles. The highest BCUT2D eigenvalue weighted by molar-refractivity contribution is 5.87. The highest BCUT2D eigenvalue weighted by Crippen LogP contribution is 2.03. The first kappa shape index (κ1) is 23.3. The lowest BCUT2D eigenvalue weighted by Gasteiger charge is -2.34. The van der Waals surface area contributed by atoms with Gasteiger partial charge in [-0.2, -0.15) is 0 Å². The SMILES string of the molecule is C=CC(=O)NCCCCOCCN1CCN(CCCCNC(=O)C=C)CC1. The van der Waals surface area contributed by atoms with E-state index in [0.29, 0.717) is 6.54 Å². The highest BCUT2D eigenvalue weighted by Gasteiger charge is 2.15. The maximum atomic E-state index is 11.0. The van der Waals surface area contributed by atoms with Gasteiger partial charge in [0.25, 0.3) is 0 Å². The fraction of sp³-hybridized carbons (Fsp3) is 0.700. The molecule has 0 aromatic rings. The first-order valence-corrected chi connectivity index (χ1v) is 9.98. The Labute approximate surface area is 163 Å². The molecular formula is C20H36N4O3. The van der Waals surface area contributed by atoms with Crippen LogP contribution in [0.1, 0.15) is 25.7 Å². The number of nitrogens with one attached hydrogen (secondary N) is 2. The molecule has 0 radical (unpaired) electrons. The quantitative estimate of drug-likeness (QED) is 0.325. The topological polar surface area (TPSA) is 73.9 Å². The average molecular weight is 381 g/mol. The van der Waals surface area contributed by atoms with Gasteiger partial charge >= 0.3 is 0 Å². The minimum Gasteiger partial charge on any atom is -0.380 e. The average Bonchev–Trinajstić information content (AvgIpc) is 2.70. The third kappa shape index (κ3) is 12.3. The Hall–Kier alpha value is -1.70. The van der Waals surface area contributed by atoms with Crippen molar-refractivity contribution in [3.8, 4) is 0 Å². The zero-order valence-corrected chi connectivity index (χ0v) is 16.6. The number of nitrogens with zero attached hydrogens (tertiary/aromatic N) is 2. The first-order chi connectivity index (χ1) is 13.2. The predicted molar refractivity (Wildman–Crippen MR) is 109 cm³/mol. The van der Waals surface area contributed by atoms with Crippen molar-refractivity contribution in [3.63, 3.8) is 0 Å². The lowest BCUT2D eigenvalue weighted by molar-refractivity contribution is -0.117. The summed E-state index contributed by atoms with van der Waals surface area (Å²) < 4.78 is 5.69. The summed E-state index contributed by atoms with van der Waals surface area (Å²) >= 11 is 0. The lowest BCUT2D eigenvalue weighted by Crippen LogP contribution is -2.47. The van der Waals surface area contributed by atoms with Crippen LogP contribution in [-0.4, -0.2) is 87.2 Å². The lowest BCUT2D eigenvalue weighted by atomic mass is 10.2. The van der Waals surface area contributed by atoms with Crippen molar-refractivity contribution in [3.05, 3.63) is 25.3 Å². The Bertz CT molecular complexity index is 446. The van der Waals surface area contributed by atoms with Crippen LogP contribution >= 0.6 is 0 Å². The molecule has 0 atom stereocenters. The van der Waals surface area contributed by atoms with E-state index in [4.69, 9.17) is 4.74 Å². The fourth-order valence-corrected chi connectivity index (χ4v) is 2.89. The maximum Gasteiger partial charge on any atom is 0.243 e. The van der Waals surface area contributed by atoms with Gasteiger partial charge in [-0.25, -0.2) is 0 Å². The summed E-state index contributed by atoms with van der Waals surface area (Å²) in [4.78, 5) is 27.0. The molecule has 27 heavy (non-hydrogen) atoms. The number of carbonyl (C=O) groups is 2. The normalized spacial score (nSPS) is 15.3. The Morgan fingerprint density at radius 2 is 1.30 bits per heavy atom. The molecular weight excluding hydrogens is 344 g/mol. The second-order valence-corrected chi connectivity index (χ2v) is 6.70. The van der Waals surface area contributed by atoms with Crippen molar-refractivity contribution in [2.24, 2.45) is 0 Å². The van der Waals surface area contributed by atoms with Gasteiger partial charge < -0.3 is 20.3 Å². The molecule has 7 heteroatoms. The summed E-state index contributed by atoms with van der Waals surface area (Å²) in [6, 6.07) is 0. The van der Waals surface area contributed by atoms with E-state index in [1.165, 1.54) is 12.2 Å². The molecule has 1 aliphatic heterocycles. The molecule has 0 unspecified atom stereocenters. The van der Waals surface area contributed by atoms with Crippen LogP contribution in [-0.2, 0) is 14.3 Å². The second-order valence-electron chi connectivity index (χ2n) is 6.70. The molecule has 2 amide bonds. The van der Waals surface area contributed by atoms with Crippen molar-refractivity contribution in [1.82, 2.24) is 20.4 Å². The van der Waals surface area contributed by atoms with E-state index in [-0.39, 0.29) is 11.8 Å². The van der Waals surface area contributed by atoms with Gasteiger partial charge in [0.1, 0.15) is 0 Å². The Balaban J connectivity index is 1.89. The Morgan fingerprint density at radius 1 is 0.778 bits per heavy atom. The molecule has 0 spiro atoms. The van der Waals surface area contributed by atoms with E-state index < -0.39 is 0 Å². The Morgan fingerprint density at radius 3 is 1.85 bits per heavy atom. The third-order valence-electron chi connectivity index (χ3n) is 4.60. The molecule has 7 nitrogen and oxygen atoms in total. The number of amides is 2. The van der Waals surface area contributed by atoms with Gasteiger partial charge in [0.15, 0.2) is 0 Å². The standard InChI is InChI=1S/C20H36N4O3/c1-3-19(25)21-9-5-7-11-23-12-14-24(15-13-23)16-18-27-17-8-6-10-22-20(26)4-2/h3-4H,1-2,5-18H2,(H,21,25)(H,22,26). The summed E-state index contributed by atoms with van der Waals surface area (Å²) in [5.41, 5.74) is 0. The summed E-state index contributed by atoms with van der Waals surface area (Å²) in [5, 5.41) is 5.57. The largest absolute Gasteiger partial charge is 0.380 e. The van der Waals surface area contributed by atoms with Crippen LogP contribution in [0, 0.1) is 0 Å². The van der Waals surface area contributed by atoms with Crippen LogP contribution in [0.3, 0.4) is 0 Å². The molecule has 1 rings (SSSR count). The summed E-state index contributed by atoms with van der Waals surface area (Å²) in [6.07, 6.45) is 6.60. The van der Waals surface area contributed by atoms with E-state index in [1.807, 2.05) is 0 Å². The highest BCUT2D eigenvalue weighted by atomic mass is 16.5. The van der Waals surface area contributed by atoms with Gasteiger partial charge in [0, 0.05) is 52.4 Å². The number of rotatable bonds is 15. The molecule has 2 N–H and O–H groups in total. The van der Waals surface area contributed by atoms with Gasteiger partial charge in [-0.3, -0.25) is 14.5 Å². The fourth-order valence-electron chi connectivity index (χ4n) is 2.89. The van der Waals surface area contributed by atoms with Gasteiger partial charge in [0.05, 0.1) is 6.61 Å². The zero-order chi connectivity index (χ0) is 19.7. The van der Waals surface area contributed by atoms with E-state index in [0.717, 1.165) is 84.7 Å². The summed E-state index contributed by atoms with van der Waals surface area (Å²) in [7, 11) is 0. The van der Waals surface area contributed by atoms with Crippen molar-refractivity contribution >= 4 is 11.8 Å². The second kappa shape index (κ2) is 15.4. The third-order valence-corrected chi connectivity index (χ3v) is 4.60. The van der Waals surface area contributed by atoms with Crippen molar-refractivity contribution < 1.29 is 14.3 Å². The minimum absolute atomic E-state index is 0.0923. The van der Waals surface area contributed by atoms with Crippen LogP contribution in [0.4, 0.5) is 0 Å². The molecule has 1 saturated heterocycles. The summed E-state index contributed by atoms with van der Waals surface area (Å²) in [5.74, 6) is -0.209. The Kier molecular flexibility index (Phi) is 13.3. The van der Waals surface area contributed by atoms with Gasteiger partial charge in [-0.15, -0.1) is 0 Å². The molecule has 0 bridgehead atoms. The number of ether oxygens (including phenoxy) is 1. The monoisotopic (exact) mass is 380 g/mol. The van der Waals surface area contributed by atoms with E-state index in [9.17, 15) is 9.59 Å². The maximum absolute atomic E-state index is 11.0. The molecule has 1 aliphatic rings. The van der Waals surface area contributed by atoms with Crippen LogP contribution in [0.5, 0.6) is 0 Å². The first-order valence-electron chi connectivity index (χ1n) is 9.98. The number of hydrogen-bond donors (Lipinski definition) is 2. The van der Waals surface area contributed by atoms with Crippen molar-refractivity contribution in [1.29, 1.82) is 0 Å². The number of piperazine rings is 1. The molecule has 0 aromatic heterocycles. The van der Waals surface area contributed by atoms with Gasteiger partial charge in [-0.05, 0) is 44.4 Å². The molecule has 1 heterocycles. The van der Waals surface area contributed by atoms with E-state index >= 15 is 0 Å². The molecule has 1 fully saturated rings. The predicted octanol–water partition coefficient (Wildman–Crippen LogP) is 0.785. The van der Waals surface area contributed by atoms with Gasteiger partial charge in [-0.1, -0.05) is 13.2 Å². The van der Waals surface area contributed by atoms with Gasteiger partial charge in [0.2, 0.25) is 11.8 Å². The van der Waals surface area contributed by atoms with E-state index in [2.05, 4.69) is 33.6 Å². The molecule has 0 aromatic carbocycles. The zero-order valence-electron chi connectivity index (χ0n) is 16.6. The van der Waals surface area contributed by atoms with Crippen molar-refractivity contribution in [2.45, 2.75) is 25.7 Å². The van der Waals surface area contributed by atoms with Crippen LogP contribution < -0.4 is 10.6 Å². The number of hydrogen-bond acceptors (Lipinski definition) is 5. The molecule has 0 saturated carbocycles. The van der Waals surface area contributed by atoms with E-state index in [1.54, 1.807) is 0 Å². The van der Waals surface area contributed by atoms with Crippen LogP contribution in [0.15, 0.2) is 25.3 Å². The number of carbonyl (C=O) groups excluding carboxylic acids is 2. The molecule has 154 valence electrons. The minimum atomic E-state index is -0.116. The smallest absolute Gasteiger partial charge is 0.243 e. The number of unbranched alkanes of at least 4 members (excludes halogenated alkanes) is 2. The van der Waals surface area contributed by atoms with Crippen LogP contribution in [0.25, 0.3) is 0 Å². The summed E-state index contributed by atoms with van der Waals surface area (Å²) in [6.45, 7) is 16.2. The van der Waals surface area contributed by atoms with Crippen LogP contribution in [0.2, 0.25) is 0 Å².